The van der Waals surface area contributed by atoms with Gasteiger partial charge in [0.2, 0.25) is 0 Å². The van der Waals surface area contributed by atoms with Gasteiger partial charge in [-0.2, -0.15) is 0 Å². The highest BCUT2D eigenvalue weighted by molar-refractivity contribution is 6.17. The SMILES string of the molecule is CN(C)C=C(C(N)=O)C(N)=O. The van der Waals surface area contributed by atoms with E-state index in [1.165, 1.54) is 11.1 Å². The second kappa shape index (κ2) is 3.60. The lowest BCUT2D eigenvalue weighted by molar-refractivity contribution is -0.120. The van der Waals surface area contributed by atoms with E-state index in [-0.39, 0.29) is 5.57 Å². The molecule has 0 rings (SSSR count). The fourth-order valence-corrected chi connectivity index (χ4v) is 0.507. The van der Waals surface area contributed by atoms with E-state index in [1.807, 2.05) is 0 Å². The number of hydrogen-bond donors (Lipinski definition) is 2. The lowest BCUT2D eigenvalue weighted by Crippen LogP contribution is -2.27. The van der Waals surface area contributed by atoms with E-state index < -0.39 is 11.8 Å². The van der Waals surface area contributed by atoms with E-state index in [1.54, 1.807) is 14.1 Å². The van der Waals surface area contributed by atoms with Gasteiger partial charge in [0.1, 0.15) is 5.57 Å². The van der Waals surface area contributed by atoms with Crippen molar-refractivity contribution in [3.8, 4) is 0 Å². The lowest BCUT2D eigenvalue weighted by Gasteiger charge is -2.05. The van der Waals surface area contributed by atoms with Crippen molar-refractivity contribution in [2.45, 2.75) is 0 Å². The summed E-state index contributed by atoms with van der Waals surface area (Å²) in [6.45, 7) is 0. The lowest BCUT2D eigenvalue weighted by atomic mass is 10.2. The summed E-state index contributed by atoms with van der Waals surface area (Å²) in [6, 6.07) is 0. The van der Waals surface area contributed by atoms with E-state index in [4.69, 9.17) is 11.5 Å². The largest absolute Gasteiger partial charge is 0.383 e. The van der Waals surface area contributed by atoms with Crippen molar-refractivity contribution in [3.63, 3.8) is 0 Å². The molecule has 0 atom stereocenters. The molecule has 4 N–H and O–H groups in total. The Hall–Kier alpha value is -1.52. The van der Waals surface area contributed by atoms with Crippen LogP contribution in [0.2, 0.25) is 0 Å². The summed E-state index contributed by atoms with van der Waals surface area (Å²) in [4.78, 5) is 22.5. The zero-order chi connectivity index (χ0) is 9.02. The van der Waals surface area contributed by atoms with Crippen molar-refractivity contribution in [1.82, 2.24) is 4.90 Å². The van der Waals surface area contributed by atoms with Gasteiger partial charge in [-0.05, 0) is 0 Å². The van der Waals surface area contributed by atoms with Gasteiger partial charge >= 0.3 is 0 Å². The third-order valence-electron chi connectivity index (χ3n) is 0.918. The molecule has 0 heterocycles. The first-order valence-electron chi connectivity index (χ1n) is 2.93. The van der Waals surface area contributed by atoms with Gasteiger partial charge in [0.15, 0.2) is 0 Å². The molecular weight excluding hydrogens is 146 g/mol. The second-order valence-electron chi connectivity index (χ2n) is 2.23. The molecule has 0 aliphatic rings. The van der Waals surface area contributed by atoms with Crippen LogP contribution in [0.1, 0.15) is 0 Å². The molecule has 0 aromatic carbocycles. The van der Waals surface area contributed by atoms with Gasteiger partial charge in [-0.15, -0.1) is 0 Å². The standard InChI is InChI=1S/C6H11N3O2/c1-9(2)3-4(5(7)10)6(8)11/h3H,1-2H3,(H2,7,10)(H2,8,11). The van der Waals surface area contributed by atoms with Crippen molar-refractivity contribution in [2.24, 2.45) is 11.5 Å². The highest BCUT2D eigenvalue weighted by Crippen LogP contribution is 1.92. The Morgan fingerprint density at radius 2 is 1.55 bits per heavy atom. The maximum Gasteiger partial charge on any atom is 0.255 e. The predicted molar refractivity (Wildman–Crippen MR) is 40.2 cm³/mol. The van der Waals surface area contributed by atoms with E-state index in [9.17, 15) is 9.59 Å². The molecule has 0 aromatic heterocycles. The zero-order valence-corrected chi connectivity index (χ0v) is 6.50. The first-order valence-corrected chi connectivity index (χ1v) is 2.93. The summed E-state index contributed by atoms with van der Waals surface area (Å²) in [7, 11) is 3.32. The molecule has 0 bridgehead atoms. The fourth-order valence-electron chi connectivity index (χ4n) is 0.507. The highest BCUT2D eigenvalue weighted by Gasteiger charge is 2.10. The summed E-state index contributed by atoms with van der Waals surface area (Å²) in [5.74, 6) is -1.63. The predicted octanol–water partition coefficient (Wildman–Crippen LogP) is -1.60. The summed E-state index contributed by atoms with van der Waals surface area (Å²) >= 11 is 0. The molecular formula is C6H11N3O2. The first kappa shape index (κ1) is 9.48. The van der Waals surface area contributed by atoms with Crippen LogP contribution in [0.3, 0.4) is 0 Å². The monoisotopic (exact) mass is 157 g/mol. The van der Waals surface area contributed by atoms with Crippen molar-refractivity contribution < 1.29 is 9.59 Å². The molecule has 0 aliphatic carbocycles. The molecule has 62 valence electrons. The van der Waals surface area contributed by atoms with E-state index in [0.29, 0.717) is 0 Å². The quantitative estimate of drug-likeness (QED) is 0.294. The highest BCUT2D eigenvalue weighted by atomic mass is 16.2. The Morgan fingerprint density at radius 3 is 1.64 bits per heavy atom. The Kier molecular flexibility index (Phi) is 3.10. The van der Waals surface area contributed by atoms with Crippen LogP contribution in [-0.2, 0) is 9.59 Å². The molecule has 0 unspecified atom stereocenters. The number of rotatable bonds is 3. The average Bonchev–Trinajstić information content (AvgIpc) is 1.81. The Balaban J connectivity index is 4.60. The zero-order valence-electron chi connectivity index (χ0n) is 6.50. The Labute approximate surface area is 64.6 Å². The number of carbonyl (C=O) groups excluding carboxylic acids is 2. The van der Waals surface area contributed by atoms with Crippen LogP contribution in [-0.4, -0.2) is 30.8 Å². The normalized spacial score (nSPS) is 8.55. The number of primary amides is 2. The molecule has 0 saturated carbocycles. The van der Waals surface area contributed by atoms with E-state index in [0.717, 1.165) is 0 Å². The Morgan fingerprint density at radius 1 is 1.18 bits per heavy atom. The molecule has 0 aromatic rings. The van der Waals surface area contributed by atoms with Gasteiger partial charge < -0.3 is 16.4 Å². The van der Waals surface area contributed by atoms with Crippen LogP contribution in [0, 0.1) is 0 Å². The molecule has 0 saturated heterocycles. The molecule has 11 heavy (non-hydrogen) atoms. The number of hydrogen-bond acceptors (Lipinski definition) is 3. The smallest absolute Gasteiger partial charge is 0.255 e. The molecule has 0 aliphatic heterocycles. The van der Waals surface area contributed by atoms with E-state index in [2.05, 4.69) is 0 Å². The van der Waals surface area contributed by atoms with Crippen LogP contribution in [0.25, 0.3) is 0 Å². The van der Waals surface area contributed by atoms with Crippen molar-refractivity contribution >= 4 is 11.8 Å². The van der Waals surface area contributed by atoms with Gasteiger partial charge in [0.05, 0.1) is 0 Å². The van der Waals surface area contributed by atoms with Crippen LogP contribution in [0.15, 0.2) is 11.8 Å². The molecule has 0 spiro atoms. The topological polar surface area (TPSA) is 89.4 Å². The minimum atomic E-state index is -0.814. The van der Waals surface area contributed by atoms with Crippen LogP contribution >= 0.6 is 0 Å². The maximum atomic E-state index is 10.5. The summed E-state index contributed by atoms with van der Waals surface area (Å²) in [5, 5.41) is 0. The summed E-state index contributed by atoms with van der Waals surface area (Å²) in [6.07, 6.45) is 1.28. The average molecular weight is 157 g/mol. The minimum Gasteiger partial charge on any atom is -0.383 e. The summed E-state index contributed by atoms with van der Waals surface area (Å²) < 4.78 is 0. The van der Waals surface area contributed by atoms with E-state index >= 15 is 0 Å². The first-order chi connectivity index (χ1) is 4.95. The molecule has 0 fully saturated rings. The third kappa shape index (κ3) is 3.24. The van der Waals surface area contributed by atoms with Crippen LogP contribution in [0.5, 0.6) is 0 Å². The van der Waals surface area contributed by atoms with Crippen LogP contribution < -0.4 is 11.5 Å². The van der Waals surface area contributed by atoms with Gasteiger partial charge in [-0.3, -0.25) is 9.59 Å². The van der Waals surface area contributed by atoms with Crippen molar-refractivity contribution in [2.75, 3.05) is 14.1 Å². The third-order valence-corrected chi connectivity index (χ3v) is 0.918. The molecule has 5 heteroatoms. The number of nitrogens with zero attached hydrogens (tertiary/aromatic N) is 1. The van der Waals surface area contributed by atoms with Gasteiger partial charge in [-0.1, -0.05) is 0 Å². The van der Waals surface area contributed by atoms with Crippen LogP contribution in [0.4, 0.5) is 0 Å². The van der Waals surface area contributed by atoms with Gasteiger partial charge in [0, 0.05) is 20.3 Å². The fraction of sp³-hybridized carbons (Fsp3) is 0.333. The molecule has 2 amide bonds. The number of amides is 2. The molecule has 0 radical (unpaired) electrons. The van der Waals surface area contributed by atoms with Crippen molar-refractivity contribution in [1.29, 1.82) is 0 Å². The van der Waals surface area contributed by atoms with Gasteiger partial charge in [0.25, 0.3) is 11.8 Å². The minimum absolute atomic E-state index is 0.199. The van der Waals surface area contributed by atoms with Gasteiger partial charge in [-0.25, -0.2) is 0 Å². The molecule has 5 nitrogen and oxygen atoms in total. The number of carbonyl (C=O) groups is 2. The summed E-state index contributed by atoms with van der Waals surface area (Å²) in [5.41, 5.74) is 9.50. The second-order valence-corrected chi connectivity index (χ2v) is 2.23. The number of nitrogens with two attached hydrogens (primary N) is 2. The Bertz CT molecular complexity index is 192. The maximum absolute atomic E-state index is 10.5. The van der Waals surface area contributed by atoms with Crippen molar-refractivity contribution in [3.05, 3.63) is 11.8 Å².